The van der Waals surface area contributed by atoms with Gasteiger partial charge in [-0.3, -0.25) is 0 Å². The van der Waals surface area contributed by atoms with E-state index in [1.54, 1.807) is 6.08 Å². The van der Waals surface area contributed by atoms with E-state index in [-0.39, 0.29) is 0 Å². The van der Waals surface area contributed by atoms with Gasteiger partial charge in [0.2, 0.25) is 0 Å². The van der Waals surface area contributed by atoms with E-state index in [1.165, 1.54) is 0 Å². The fraction of sp³-hybridized carbons (Fsp3) is 0.333. The van der Waals surface area contributed by atoms with E-state index in [2.05, 4.69) is 6.58 Å². The maximum atomic E-state index is 9.73. The molecule has 0 aliphatic rings. The average Bonchev–Trinajstić information content (AvgIpc) is 2.26. The SMILES string of the molecule is C=CCCC(O)C(O)c1ccccc1. The monoisotopic (exact) mass is 192 g/mol. The molecule has 2 atom stereocenters. The van der Waals surface area contributed by atoms with Gasteiger partial charge in [-0.25, -0.2) is 0 Å². The number of hydrogen-bond acceptors (Lipinski definition) is 2. The van der Waals surface area contributed by atoms with Crippen LogP contribution in [0, 0.1) is 0 Å². The molecule has 0 aliphatic carbocycles. The topological polar surface area (TPSA) is 40.5 Å². The van der Waals surface area contributed by atoms with Gasteiger partial charge < -0.3 is 10.2 Å². The van der Waals surface area contributed by atoms with Crippen molar-refractivity contribution in [1.29, 1.82) is 0 Å². The highest BCUT2D eigenvalue weighted by molar-refractivity contribution is 5.18. The van der Waals surface area contributed by atoms with Crippen molar-refractivity contribution in [2.45, 2.75) is 25.0 Å². The van der Waals surface area contributed by atoms with Crippen molar-refractivity contribution >= 4 is 0 Å². The molecule has 0 saturated carbocycles. The van der Waals surface area contributed by atoms with Gasteiger partial charge >= 0.3 is 0 Å². The minimum Gasteiger partial charge on any atom is -0.390 e. The zero-order valence-corrected chi connectivity index (χ0v) is 8.13. The maximum Gasteiger partial charge on any atom is 0.105 e. The van der Waals surface area contributed by atoms with Crippen molar-refractivity contribution in [3.8, 4) is 0 Å². The maximum absolute atomic E-state index is 9.73. The third kappa shape index (κ3) is 2.98. The molecule has 0 amide bonds. The first-order valence-corrected chi connectivity index (χ1v) is 4.77. The predicted octanol–water partition coefficient (Wildman–Crippen LogP) is 2.05. The van der Waals surface area contributed by atoms with E-state index < -0.39 is 12.2 Å². The van der Waals surface area contributed by atoms with Crippen molar-refractivity contribution in [2.75, 3.05) is 0 Å². The number of aliphatic hydroxyl groups excluding tert-OH is 2. The molecule has 2 unspecified atom stereocenters. The van der Waals surface area contributed by atoms with Crippen LogP contribution in [0.1, 0.15) is 24.5 Å². The van der Waals surface area contributed by atoms with Gasteiger partial charge in [-0.15, -0.1) is 6.58 Å². The highest BCUT2D eigenvalue weighted by Crippen LogP contribution is 2.19. The van der Waals surface area contributed by atoms with Crippen LogP contribution < -0.4 is 0 Å². The molecule has 0 fully saturated rings. The fourth-order valence-electron chi connectivity index (χ4n) is 1.32. The van der Waals surface area contributed by atoms with E-state index in [0.29, 0.717) is 12.8 Å². The van der Waals surface area contributed by atoms with E-state index in [4.69, 9.17) is 0 Å². The van der Waals surface area contributed by atoms with Crippen LogP contribution >= 0.6 is 0 Å². The summed E-state index contributed by atoms with van der Waals surface area (Å²) in [5.74, 6) is 0. The van der Waals surface area contributed by atoms with Crippen molar-refractivity contribution in [2.24, 2.45) is 0 Å². The molecule has 14 heavy (non-hydrogen) atoms. The Morgan fingerprint density at radius 2 is 1.86 bits per heavy atom. The molecule has 76 valence electrons. The Balaban J connectivity index is 2.56. The summed E-state index contributed by atoms with van der Waals surface area (Å²) in [6.07, 6.45) is 1.48. The smallest absolute Gasteiger partial charge is 0.105 e. The van der Waals surface area contributed by atoms with E-state index in [1.807, 2.05) is 30.3 Å². The van der Waals surface area contributed by atoms with Crippen LogP contribution in [-0.4, -0.2) is 16.3 Å². The van der Waals surface area contributed by atoms with Crippen LogP contribution in [0.5, 0.6) is 0 Å². The highest BCUT2D eigenvalue weighted by atomic mass is 16.3. The molecule has 1 aromatic carbocycles. The third-order valence-electron chi connectivity index (χ3n) is 2.17. The van der Waals surface area contributed by atoms with Crippen LogP contribution in [-0.2, 0) is 0 Å². The van der Waals surface area contributed by atoms with Crippen LogP contribution in [0.15, 0.2) is 43.0 Å². The van der Waals surface area contributed by atoms with Gasteiger partial charge in [0.25, 0.3) is 0 Å². The highest BCUT2D eigenvalue weighted by Gasteiger charge is 2.16. The minimum atomic E-state index is -0.795. The quantitative estimate of drug-likeness (QED) is 0.701. The third-order valence-corrected chi connectivity index (χ3v) is 2.17. The van der Waals surface area contributed by atoms with Crippen LogP contribution in [0.25, 0.3) is 0 Å². The molecule has 2 nitrogen and oxygen atoms in total. The number of benzene rings is 1. The van der Waals surface area contributed by atoms with Gasteiger partial charge in [-0.05, 0) is 18.4 Å². The van der Waals surface area contributed by atoms with Crippen molar-refractivity contribution in [3.05, 3.63) is 48.6 Å². The molecule has 2 heteroatoms. The first kappa shape index (κ1) is 11.0. The Hall–Kier alpha value is -1.12. The molecule has 0 spiro atoms. The summed E-state index contributed by atoms with van der Waals surface area (Å²) < 4.78 is 0. The second-order valence-corrected chi connectivity index (χ2v) is 3.29. The lowest BCUT2D eigenvalue weighted by Gasteiger charge is -2.17. The second kappa shape index (κ2) is 5.58. The zero-order valence-electron chi connectivity index (χ0n) is 8.13. The first-order valence-electron chi connectivity index (χ1n) is 4.77. The van der Waals surface area contributed by atoms with Gasteiger partial charge in [0.15, 0.2) is 0 Å². The van der Waals surface area contributed by atoms with Gasteiger partial charge in [0.05, 0.1) is 6.10 Å². The average molecular weight is 192 g/mol. The standard InChI is InChI=1S/C12H16O2/c1-2-3-9-11(13)12(14)10-7-5-4-6-8-10/h2,4-8,11-14H,1,3,9H2. The Labute approximate surface area is 84.5 Å². The molecule has 2 N–H and O–H groups in total. The Morgan fingerprint density at radius 1 is 1.21 bits per heavy atom. The van der Waals surface area contributed by atoms with Gasteiger partial charge in [0.1, 0.15) is 6.10 Å². The van der Waals surface area contributed by atoms with Gasteiger partial charge in [-0.2, -0.15) is 0 Å². The van der Waals surface area contributed by atoms with E-state index >= 15 is 0 Å². The summed E-state index contributed by atoms with van der Waals surface area (Å²) >= 11 is 0. The van der Waals surface area contributed by atoms with E-state index in [0.717, 1.165) is 5.56 Å². The lowest BCUT2D eigenvalue weighted by molar-refractivity contribution is 0.0141. The van der Waals surface area contributed by atoms with Gasteiger partial charge in [-0.1, -0.05) is 36.4 Å². The summed E-state index contributed by atoms with van der Waals surface area (Å²) in [5.41, 5.74) is 0.754. The molecule has 0 saturated heterocycles. The first-order chi connectivity index (χ1) is 6.75. The molecule has 0 radical (unpaired) electrons. The molecule has 0 aliphatic heterocycles. The minimum absolute atomic E-state index is 0.541. The largest absolute Gasteiger partial charge is 0.390 e. The van der Waals surface area contributed by atoms with E-state index in [9.17, 15) is 10.2 Å². The van der Waals surface area contributed by atoms with Crippen LogP contribution in [0.4, 0.5) is 0 Å². The van der Waals surface area contributed by atoms with Crippen molar-refractivity contribution in [3.63, 3.8) is 0 Å². The summed E-state index contributed by atoms with van der Waals surface area (Å²) in [4.78, 5) is 0. The Bertz CT molecular complexity index is 269. The summed E-state index contributed by atoms with van der Waals surface area (Å²) in [7, 11) is 0. The Kier molecular flexibility index (Phi) is 4.36. The zero-order chi connectivity index (χ0) is 10.4. The molecule has 0 aromatic heterocycles. The summed E-state index contributed by atoms with van der Waals surface area (Å²) in [5, 5.41) is 19.3. The predicted molar refractivity (Wildman–Crippen MR) is 56.8 cm³/mol. The Morgan fingerprint density at radius 3 is 2.43 bits per heavy atom. The normalized spacial score (nSPS) is 14.7. The molecule has 1 rings (SSSR count). The number of hydrogen-bond donors (Lipinski definition) is 2. The number of aliphatic hydroxyl groups is 2. The lowest BCUT2D eigenvalue weighted by Crippen LogP contribution is -2.17. The fourth-order valence-corrected chi connectivity index (χ4v) is 1.32. The number of allylic oxidation sites excluding steroid dienone is 1. The lowest BCUT2D eigenvalue weighted by atomic mass is 10.0. The van der Waals surface area contributed by atoms with Crippen molar-refractivity contribution in [1.82, 2.24) is 0 Å². The van der Waals surface area contributed by atoms with Crippen LogP contribution in [0.3, 0.4) is 0 Å². The molecule has 1 aromatic rings. The second-order valence-electron chi connectivity index (χ2n) is 3.29. The molecule has 0 bridgehead atoms. The van der Waals surface area contributed by atoms with Crippen molar-refractivity contribution < 1.29 is 10.2 Å². The molecule has 0 heterocycles. The number of rotatable bonds is 5. The summed E-state index contributed by atoms with van der Waals surface area (Å²) in [6.45, 7) is 3.57. The molecular weight excluding hydrogens is 176 g/mol. The molecular formula is C12H16O2. The van der Waals surface area contributed by atoms with Crippen LogP contribution in [0.2, 0.25) is 0 Å². The van der Waals surface area contributed by atoms with Gasteiger partial charge in [0, 0.05) is 0 Å². The summed E-state index contributed by atoms with van der Waals surface area (Å²) in [6, 6.07) is 9.19.